The molecule has 6 nitrogen and oxygen atoms in total. The first kappa shape index (κ1) is 17.4. The predicted molar refractivity (Wildman–Crippen MR) is 104 cm³/mol. The van der Waals surface area contributed by atoms with Crippen LogP contribution in [0.2, 0.25) is 0 Å². The molecular formula is C21H23N3O3. The zero-order valence-electron chi connectivity index (χ0n) is 15.3. The van der Waals surface area contributed by atoms with E-state index < -0.39 is 5.92 Å². The van der Waals surface area contributed by atoms with Crippen LogP contribution < -0.4 is 20.3 Å². The number of nitrogens with zero attached hydrogens (tertiary/aromatic N) is 1. The summed E-state index contributed by atoms with van der Waals surface area (Å²) in [5, 5.41) is 5.83. The normalized spacial score (nSPS) is 17.7. The minimum absolute atomic E-state index is 0.119. The summed E-state index contributed by atoms with van der Waals surface area (Å²) >= 11 is 0. The lowest BCUT2D eigenvalue weighted by Gasteiger charge is -2.26. The molecule has 1 atom stereocenters. The van der Waals surface area contributed by atoms with Gasteiger partial charge in [-0.2, -0.15) is 0 Å². The van der Waals surface area contributed by atoms with Crippen LogP contribution in [0.4, 0.5) is 11.4 Å². The summed E-state index contributed by atoms with van der Waals surface area (Å²) in [6.45, 7) is 2.28. The minimum atomic E-state index is -0.491. The van der Waals surface area contributed by atoms with Gasteiger partial charge in [-0.3, -0.25) is 9.59 Å². The highest BCUT2D eigenvalue weighted by Crippen LogP contribution is 2.35. The van der Waals surface area contributed by atoms with Crippen molar-refractivity contribution in [1.82, 2.24) is 5.32 Å². The Morgan fingerprint density at radius 3 is 3.00 bits per heavy atom. The van der Waals surface area contributed by atoms with Crippen LogP contribution in [0.25, 0.3) is 0 Å². The van der Waals surface area contributed by atoms with Crippen molar-refractivity contribution in [1.29, 1.82) is 0 Å². The van der Waals surface area contributed by atoms with E-state index in [0.29, 0.717) is 18.0 Å². The highest BCUT2D eigenvalue weighted by Gasteiger charge is 2.31. The van der Waals surface area contributed by atoms with E-state index in [4.69, 9.17) is 4.74 Å². The number of fused-ring (bicyclic) bond motifs is 2. The van der Waals surface area contributed by atoms with Gasteiger partial charge in [-0.25, -0.2) is 0 Å². The van der Waals surface area contributed by atoms with Gasteiger partial charge in [0.2, 0.25) is 11.8 Å². The van der Waals surface area contributed by atoms with Crippen molar-refractivity contribution in [2.75, 3.05) is 37.0 Å². The quantitative estimate of drug-likeness (QED) is 0.853. The van der Waals surface area contributed by atoms with Crippen molar-refractivity contribution in [3.05, 3.63) is 53.6 Å². The number of carbonyl (C=O) groups excluding carboxylic acids is 2. The predicted octanol–water partition coefficient (Wildman–Crippen LogP) is 2.30. The molecule has 140 valence electrons. The summed E-state index contributed by atoms with van der Waals surface area (Å²) in [5.41, 5.74) is 4.09. The molecule has 0 radical (unpaired) electrons. The molecule has 27 heavy (non-hydrogen) atoms. The van der Waals surface area contributed by atoms with Gasteiger partial charge in [0, 0.05) is 37.4 Å². The lowest BCUT2D eigenvalue weighted by atomic mass is 9.89. The summed E-state index contributed by atoms with van der Waals surface area (Å²) in [5.74, 6) is -0.0702. The highest BCUT2D eigenvalue weighted by atomic mass is 16.5. The molecule has 6 heteroatoms. The first-order valence-electron chi connectivity index (χ1n) is 9.24. The average molecular weight is 365 g/mol. The van der Waals surface area contributed by atoms with Gasteiger partial charge in [0.1, 0.15) is 5.75 Å². The Balaban J connectivity index is 1.41. The molecule has 0 spiro atoms. The molecule has 2 N–H and O–H groups in total. The van der Waals surface area contributed by atoms with Crippen molar-refractivity contribution < 1.29 is 14.3 Å². The monoisotopic (exact) mass is 365 g/mol. The molecule has 2 heterocycles. The van der Waals surface area contributed by atoms with Gasteiger partial charge in [-0.15, -0.1) is 0 Å². The van der Waals surface area contributed by atoms with Crippen molar-refractivity contribution in [2.24, 2.45) is 0 Å². The first-order chi connectivity index (χ1) is 13.2. The van der Waals surface area contributed by atoms with Crippen molar-refractivity contribution in [2.45, 2.75) is 18.8 Å². The number of amides is 2. The van der Waals surface area contributed by atoms with Crippen LogP contribution in [0.5, 0.6) is 5.75 Å². The topological polar surface area (TPSA) is 70.7 Å². The average Bonchev–Trinajstić information content (AvgIpc) is 3.10. The zero-order chi connectivity index (χ0) is 18.8. The van der Waals surface area contributed by atoms with Crippen molar-refractivity contribution >= 4 is 23.2 Å². The van der Waals surface area contributed by atoms with Crippen LogP contribution in [-0.4, -0.2) is 38.6 Å². The molecule has 0 fully saturated rings. The number of anilines is 2. The molecule has 0 saturated carbocycles. The van der Waals surface area contributed by atoms with Crippen LogP contribution >= 0.6 is 0 Å². The first-order valence-corrected chi connectivity index (χ1v) is 9.24. The molecule has 2 aliphatic heterocycles. The van der Waals surface area contributed by atoms with Crippen LogP contribution in [0.3, 0.4) is 0 Å². The van der Waals surface area contributed by atoms with E-state index >= 15 is 0 Å². The van der Waals surface area contributed by atoms with Crippen LogP contribution in [0, 0.1) is 0 Å². The highest BCUT2D eigenvalue weighted by molar-refractivity contribution is 6.01. The van der Waals surface area contributed by atoms with E-state index in [1.54, 1.807) is 19.2 Å². The van der Waals surface area contributed by atoms with Crippen LogP contribution in [0.1, 0.15) is 23.5 Å². The fourth-order valence-electron chi connectivity index (χ4n) is 3.88. The maximum absolute atomic E-state index is 12.8. The van der Waals surface area contributed by atoms with Gasteiger partial charge in [-0.05, 0) is 41.8 Å². The number of hydrogen-bond acceptors (Lipinski definition) is 4. The summed E-state index contributed by atoms with van der Waals surface area (Å²) < 4.78 is 5.27. The third kappa shape index (κ3) is 3.47. The Kier molecular flexibility index (Phi) is 4.71. The molecule has 2 aromatic rings. The molecule has 2 aromatic carbocycles. The van der Waals surface area contributed by atoms with E-state index in [2.05, 4.69) is 33.7 Å². The molecular weight excluding hydrogens is 342 g/mol. The fourth-order valence-corrected chi connectivity index (χ4v) is 3.88. The van der Waals surface area contributed by atoms with E-state index in [1.807, 2.05) is 12.1 Å². The number of ether oxygens (including phenoxy) is 1. The molecule has 0 aliphatic carbocycles. The summed E-state index contributed by atoms with van der Waals surface area (Å²) in [7, 11) is 1.59. The number of para-hydroxylation sites is 1. The Hall–Kier alpha value is -3.02. The molecule has 2 aliphatic rings. The minimum Gasteiger partial charge on any atom is -0.497 e. The molecule has 0 aromatic heterocycles. The second kappa shape index (κ2) is 7.31. The fraction of sp³-hybridized carbons (Fsp3) is 0.333. The van der Waals surface area contributed by atoms with Crippen LogP contribution in [-0.2, 0) is 16.0 Å². The number of methoxy groups -OCH3 is 1. The molecule has 0 saturated heterocycles. The lowest BCUT2D eigenvalue weighted by Crippen LogP contribution is -2.39. The van der Waals surface area contributed by atoms with Gasteiger partial charge < -0.3 is 20.3 Å². The third-order valence-corrected chi connectivity index (χ3v) is 5.28. The number of hydrogen-bond donors (Lipinski definition) is 2. The van der Waals surface area contributed by atoms with E-state index in [9.17, 15) is 9.59 Å². The SMILES string of the molecule is COc1ccc2c(c1)C(C(=O)NCCN1CCc3ccccc31)CC(=O)N2. The Morgan fingerprint density at radius 1 is 1.30 bits per heavy atom. The van der Waals surface area contributed by atoms with Crippen molar-refractivity contribution in [3.8, 4) is 5.75 Å². The number of benzene rings is 2. The number of nitrogens with one attached hydrogen (secondary N) is 2. The van der Waals surface area contributed by atoms with Gasteiger partial charge in [0.05, 0.1) is 13.0 Å². The van der Waals surface area contributed by atoms with Gasteiger partial charge >= 0.3 is 0 Å². The van der Waals surface area contributed by atoms with E-state index in [1.165, 1.54) is 11.3 Å². The largest absolute Gasteiger partial charge is 0.497 e. The summed E-state index contributed by atoms with van der Waals surface area (Å²) in [6, 6.07) is 13.8. The maximum atomic E-state index is 12.8. The van der Waals surface area contributed by atoms with Gasteiger partial charge in [0.15, 0.2) is 0 Å². The van der Waals surface area contributed by atoms with Gasteiger partial charge in [-0.1, -0.05) is 18.2 Å². The Morgan fingerprint density at radius 2 is 2.15 bits per heavy atom. The second-order valence-electron chi connectivity index (χ2n) is 6.91. The molecule has 4 rings (SSSR count). The Bertz CT molecular complexity index is 881. The maximum Gasteiger partial charge on any atom is 0.228 e. The molecule has 1 unspecified atom stereocenters. The third-order valence-electron chi connectivity index (χ3n) is 5.28. The van der Waals surface area contributed by atoms with Crippen molar-refractivity contribution in [3.63, 3.8) is 0 Å². The second-order valence-corrected chi connectivity index (χ2v) is 6.91. The number of rotatable bonds is 5. The smallest absolute Gasteiger partial charge is 0.228 e. The number of carbonyl (C=O) groups is 2. The van der Waals surface area contributed by atoms with E-state index in [0.717, 1.165) is 25.1 Å². The summed E-state index contributed by atoms with van der Waals surface area (Å²) in [6.07, 6.45) is 1.19. The lowest BCUT2D eigenvalue weighted by molar-refractivity contribution is -0.126. The zero-order valence-corrected chi connectivity index (χ0v) is 15.3. The van der Waals surface area contributed by atoms with E-state index in [-0.39, 0.29) is 18.2 Å². The molecule has 2 amide bonds. The Labute approximate surface area is 158 Å². The van der Waals surface area contributed by atoms with Gasteiger partial charge in [0.25, 0.3) is 0 Å². The molecule has 0 bridgehead atoms. The van der Waals surface area contributed by atoms with Crippen LogP contribution in [0.15, 0.2) is 42.5 Å². The standard InChI is InChI=1S/C21H23N3O3/c1-27-15-6-7-18-16(12-15)17(13-20(25)23-18)21(26)22-9-11-24-10-8-14-4-2-3-5-19(14)24/h2-7,12,17H,8-11,13H2,1H3,(H,22,26)(H,23,25). The summed E-state index contributed by atoms with van der Waals surface area (Å²) in [4.78, 5) is 27.1.